The molecule has 26 heavy (non-hydrogen) atoms. The van der Waals surface area contributed by atoms with Crippen LogP contribution in [0.1, 0.15) is 63.4 Å². The SMILES string of the molecule is O=C(CC1=C(c2ccccc2)CCC1=O)N[C@@H]1COC2(CCCCC2)C1. The fourth-order valence-electron chi connectivity index (χ4n) is 4.79. The molecule has 2 fully saturated rings. The van der Waals surface area contributed by atoms with E-state index in [1.165, 1.54) is 19.3 Å². The number of ether oxygens (including phenoxy) is 1. The fourth-order valence-corrected chi connectivity index (χ4v) is 4.79. The standard InChI is InChI=1S/C22H27NO3/c24-20-10-9-18(16-7-3-1-4-8-16)19(20)13-21(25)23-17-14-22(26-15-17)11-5-2-6-12-22/h1,3-4,7-8,17H,2,5-6,9-15H2,(H,23,25)/t17-/m0/s1. The zero-order valence-corrected chi connectivity index (χ0v) is 15.3. The highest BCUT2D eigenvalue weighted by Crippen LogP contribution is 2.39. The van der Waals surface area contributed by atoms with Gasteiger partial charge in [-0.15, -0.1) is 0 Å². The van der Waals surface area contributed by atoms with Gasteiger partial charge in [-0.25, -0.2) is 0 Å². The van der Waals surface area contributed by atoms with Crippen LogP contribution in [0.4, 0.5) is 0 Å². The van der Waals surface area contributed by atoms with Crippen LogP contribution in [0.2, 0.25) is 0 Å². The number of hydrogen-bond acceptors (Lipinski definition) is 3. The third-order valence-electron chi connectivity index (χ3n) is 6.10. The Morgan fingerprint density at radius 3 is 2.65 bits per heavy atom. The van der Waals surface area contributed by atoms with E-state index >= 15 is 0 Å². The maximum atomic E-state index is 12.6. The second-order valence-electron chi connectivity index (χ2n) is 7.95. The number of ketones is 1. The van der Waals surface area contributed by atoms with Crippen LogP contribution >= 0.6 is 0 Å². The number of Topliss-reactive ketones (excluding diaryl/α,β-unsaturated/α-hetero) is 1. The third kappa shape index (κ3) is 3.61. The van der Waals surface area contributed by atoms with E-state index in [0.717, 1.165) is 36.8 Å². The lowest BCUT2D eigenvalue weighted by Gasteiger charge is -2.32. The van der Waals surface area contributed by atoms with Gasteiger partial charge in [-0.05, 0) is 36.8 Å². The predicted octanol–water partition coefficient (Wildman–Crippen LogP) is 3.80. The summed E-state index contributed by atoms with van der Waals surface area (Å²) in [5.41, 5.74) is 2.79. The van der Waals surface area contributed by atoms with Crippen molar-refractivity contribution < 1.29 is 14.3 Å². The van der Waals surface area contributed by atoms with E-state index in [0.29, 0.717) is 18.6 Å². The Hall–Kier alpha value is -1.94. The van der Waals surface area contributed by atoms with Crippen molar-refractivity contribution in [2.75, 3.05) is 6.61 Å². The normalized spacial score (nSPS) is 25.1. The van der Waals surface area contributed by atoms with Gasteiger partial charge in [0, 0.05) is 12.0 Å². The molecule has 0 radical (unpaired) electrons. The first-order chi connectivity index (χ1) is 12.7. The molecule has 0 unspecified atom stereocenters. The molecule has 1 aromatic carbocycles. The molecule has 1 atom stereocenters. The summed E-state index contributed by atoms with van der Waals surface area (Å²) in [7, 11) is 0. The van der Waals surface area contributed by atoms with E-state index < -0.39 is 0 Å². The van der Waals surface area contributed by atoms with E-state index in [1.54, 1.807) is 0 Å². The second-order valence-corrected chi connectivity index (χ2v) is 7.95. The lowest BCUT2D eigenvalue weighted by atomic mass is 9.82. The lowest BCUT2D eigenvalue weighted by molar-refractivity contribution is -0.123. The minimum atomic E-state index is -0.0508. The summed E-state index contributed by atoms with van der Waals surface area (Å²) in [6, 6.07) is 10.0. The molecule has 1 heterocycles. The van der Waals surface area contributed by atoms with Crippen LogP contribution in [-0.4, -0.2) is 29.9 Å². The average Bonchev–Trinajstić information content (AvgIpc) is 3.20. The van der Waals surface area contributed by atoms with Crippen LogP contribution in [0.5, 0.6) is 0 Å². The average molecular weight is 353 g/mol. The summed E-state index contributed by atoms with van der Waals surface area (Å²) in [5, 5.41) is 3.12. The molecule has 1 N–H and O–H groups in total. The number of nitrogens with one attached hydrogen (secondary N) is 1. The Morgan fingerprint density at radius 2 is 1.88 bits per heavy atom. The van der Waals surface area contributed by atoms with Crippen molar-refractivity contribution in [2.45, 2.75) is 69.4 Å². The van der Waals surface area contributed by atoms with Gasteiger partial charge in [0.25, 0.3) is 0 Å². The molecule has 2 aliphatic carbocycles. The lowest BCUT2D eigenvalue weighted by Crippen LogP contribution is -2.37. The van der Waals surface area contributed by atoms with Crippen molar-refractivity contribution in [2.24, 2.45) is 0 Å². The minimum absolute atomic E-state index is 0.00611. The molecule has 4 rings (SSSR count). The zero-order chi connectivity index (χ0) is 18.0. The number of amides is 1. The fraction of sp³-hybridized carbons (Fsp3) is 0.545. The molecule has 1 aromatic rings. The Labute approximate surface area is 155 Å². The molecule has 3 aliphatic rings. The van der Waals surface area contributed by atoms with E-state index in [1.807, 2.05) is 30.3 Å². The number of hydrogen-bond donors (Lipinski definition) is 1. The van der Waals surface area contributed by atoms with Crippen molar-refractivity contribution in [1.29, 1.82) is 0 Å². The van der Waals surface area contributed by atoms with Crippen LogP contribution in [0.15, 0.2) is 35.9 Å². The topological polar surface area (TPSA) is 55.4 Å². The third-order valence-corrected chi connectivity index (χ3v) is 6.10. The van der Waals surface area contributed by atoms with Gasteiger partial charge in [0.1, 0.15) is 0 Å². The summed E-state index contributed by atoms with van der Waals surface area (Å²) in [6.07, 6.45) is 8.32. The molecule has 4 nitrogen and oxygen atoms in total. The molecule has 1 spiro atoms. The van der Waals surface area contributed by atoms with Gasteiger partial charge in [0.05, 0.1) is 24.7 Å². The van der Waals surface area contributed by atoms with Gasteiger partial charge < -0.3 is 10.1 Å². The number of rotatable bonds is 4. The highest BCUT2D eigenvalue weighted by Gasteiger charge is 2.41. The van der Waals surface area contributed by atoms with Crippen LogP contribution < -0.4 is 5.32 Å². The molecule has 1 amide bonds. The summed E-state index contributed by atoms with van der Waals surface area (Å²) < 4.78 is 6.08. The van der Waals surface area contributed by atoms with Crippen molar-refractivity contribution >= 4 is 17.3 Å². The zero-order valence-electron chi connectivity index (χ0n) is 15.3. The number of benzene rings is 1. The summed E-state index contributed by atoms with van der Waals surface area (Å²) in [6.45, 7) is 0.601. The van der Waals surface area contributed by atoms with Crippen molar-refractivity contribution in [3.63, 3.8) is 0 Å². The molecule has 1 saturated heterocycles. The Bertz CT molecular complexity index is 716. The maximum absolute atomic E-state index is 12.6. The number of carbonyl (C=O) groups is 2. The number of allylic oxidation sites excluding steroid dienone is 1. The molecule has 0 aromatic heterocycles. The summed E-state index contributed by atoms with van der Waals surface area (Å²) >= 11 is 0. The molecule has 138 valence electrons. The van der Waals surface area contributed by atoms with Gasteiger partial charge >= 0.3 is 0 Å². The van der Waals surface area contributed by atoms with Crippen molar-refractivity contribution in [1.82, 2.24) is 5.32 Å². The molecule has 4 heteroatoms. The van der Waals surface area contributed by atoms with Gasteiger partial charge in [0.15, 0.2) is 5.78 Å². The van der Waals surface area contributed by atoms with E-state index in [9.17, 15) is 9.59 Å². The van der Waals surface area contributed by atoms with Gasteiger partial charge in [-0.2, -0.15) is 0 Å². The highest BCUT2D eigenvalue weighted by molar-refractivity contribution is 6.10. The van der Waals surface area contributed by atoms with Gasteiger partial charge in [-0.3, -0.25) is 9.59 Å². The first-order valence-corrected chi connectivity index (χ1v) is 9.89. The monoisotopic (exact) mass is 353 g/mol. The first-order valence-electron chi connectivity index (χ1n) is 9.89. The Kier molecular flexibility index (Phi) is 4.94. The molecular formula is C22H27NO3. The smallest absolute Gasteiger partial charge is 0.224 e. The minimum Gasteiger partial charge on any atom is -0.373 e. The van der Waals surface area contributed by atoms with Gasteiger partial charge in [0.2, 0.25) is 5.91 Å². The van der Waals surface area contributed by atoms with Crippen molar-refractivity contribution in [3.05, 3.63) is 41.5 Å². The predicted molar refractivity (Wildman–Crippen MR) is 101 cm³/mol. The van der Waals surface area contributed by atoms with Crippen LogP contribution in [0, 0.1) is 0 Å². The van der Waals surface area contributed by atoms with E-state index in [-0.39, 0.29) is 29.8 Å². The molecule has 1 aliphatic heterocycles. The van der Waals surface area contributed by atoms with Crippen LogP contribution in [0.3, 0.4) is 0 Å². The largest absolute Gasteiger partial charge is 0.373 e. The van der Waals surface area contributed by atoms with Crippen LogP contribution in [0.25, 0.3) is 5.57 Å². The quantitative estimate of drug-likeness (QED) is 0.896. The molecular weight excluding hydrogens is 326 g/mol. The summed E-state index contributed by atoms with van der Waals surface area (Å²) in [4.78, 5) is 24.9. The molecule has 0 bridgehead atoms. The van der Waals surface area contributed by atoms with Crippen molar-refractivity contribution in [3.8, 4) is 0 Å². The van der Waals surface area contributed by atoms with E-state index in [2.05, 4.69) is 5.32 Å². The molecule has 1 saturated carbocycles. The Morgan fingerprint density at radius 1 is 1.12 bits per heavy atom. The maximum Gasteiger partial charge on any atom is 0.224 e. The van der Waals surface area contributed by atoms with Crippen LogP contribution in [-0.2, 0) is 14.3 Å². The highest BCUT2D eigenvalue weighted by atomic mass is 16.5. The second kappa shape index (κ2) is 7.36. The van der Waals surface area contributed by atoms with E-state index in [4.69, 9.17) is 4.74 Å². The number of carbonyl (C=O) groups excluding carboxylic acids is 2. The Balaban J connectivity index is 1.40. The van der Waals surface area contributed by atoms with Gasteiger partial charge in [-0.1, -0.05) is 49.6 Å². The first kappa shape index (κ1) is 17.5. The summed E-state index contributed by atoms with van der Waals surface area (Å²) in [5.74, 6) is 0.0653.